The Morgan fingerprint density at radius 1 is 1.27 bits per heavy atom. The fourth-order valence-electron chi connectivity index (χ4n) is 2.04. The number of methoxy groups -OCH3 is 1. The molecular formula is C15H22Cl2F3N3O3. The summed E-state index contributed by atoms with van der Waals surface area (Å²) in [4.78, 5) is 27.0. The number of nitrogens with two attached hydrogens (primary N) is 1. The van der Waals surface area contributed by atoms with Crippen molar-refractivity contribution in [2.24, 2.45) is 17.6 Å². The number of alkyl halides is 3. The molecule has 0 saturated carbocycles. The Balaban J connectivity index is 0. The highest BCUT2D eigenvalue weighted by Gasteiger charge is 2.41. The first kappa shape index (κ1) is 26.6. The standard InChI is InChI=1S/C15H20F3N3O3.2ClH/c1-24-13(22)7-12(15(16,17)18)9-21-14(23)11(8-19)6-10-2-4-20-5-3-10;;/h2-5,11-12H,6-9,19H2,1H3,(H,21,23);2*1H. The number of esters is 1. The molecule has 0 saturated heterocycles. The molecular weight excluding hydrogens is 398 g/mol. The van der Waals surface area contributed by atoms with Gasteiger partial charge in [-0.15, -0.1) is 24.8 Å². The average Bonchev–Trinajstić information content (AvgIpc) is 2.55. The van der Waals surface area contributed by atoms with E-state index in [1.54, 1.807) is 24.5 Å². The predicted molar refractivity (Wildman–Crippen MR) is 94.2 cm³/mol. The fourth-order valence-corrected chi connectivity index (χ4v) is 2.04. The minimum atomic E-state index is -4.62. The Kier molecular flexibility index (Phi) is 13.0. The van der Waals surface area contributed by atoms with Crippen molar-refractivity contribution >= 4 is 36.7 Å². The molecule has 1 heterocycles. The van der Waals surface area contributed by atoms with Crippen molar-refractivity contribution in [3.05, 3.63) is 30.1 Å². The average molecular weight is 420 g/mol. The first-order valence-corrected chi connectivity index (χ1v) is 7.28. The number of halogens is 5. The smallest absolute Gasteiger partial charge is 0.394 e. The molecule has 0 fully saturated rings. The van der Waals surface area contributed by atoms with Crippen molar-refractivity contribution in [2.45, 2.75) is 19.0 Å². The van der Waals surface area contributed by atoms with Gasteiger partial charge in [0.2, 0.25) is 5.91 Å². The Labute approximate surface area is 161 Å². The van der Waals surface area contributed by atoms with Crippen LogP contribution in [0.3, 0.4) is 0 Å². The highest BCUT2D eigenvalue weighted by Crippen LogP contribution is 2.28. The molecule has 0 aliphatic rings. The van der Waals surface area contributed by atoms with Gasteiger partial charge in [0.25, 0.3) is 0 Å². The number of hydrogen-bond acceptors (Lipinski definition) is 5. The van der Waals surface area contributed by atoms with E-state index in [0.717, 1.165) is 12.7 Å². The Bertz CT molecular complexity index is 548. The highest BCUT2D eigenvalue weighted by atomic mass is 35.5. The lowest BCUT2D eigenvalue weighted by Gasteiger charge is -2.21. The van der Waals surface area contributed by atoms with Gasteiger partial charge in [-0.05, 0) is 24.1 Å². The maximum absolute atomic E-state index is 12.9. The van der Waals surface area contributed by atoms with Crippen molar-refractivity contribution in [1.29, 1.82) is 0 Å². The lowest BCUT2D eigenvalue weighted by Crippen LogP contribution is -2.42. The molecule has 26 heavy (non-hydrogen) atoms. The van der Waals surface area contributed by atoms with Crippen LogP contribution in [0, 0.1) is 11.8 Å². The number of aromatic nitrogens is 1. The molecule has 1 rings (SSSR count). The first-order valence-electron chi connectivity index (χ1n) is 7.28. The summed E-state index contributed by atoms with van der Waals surface area (Å²) in [7, 11) is 1.01. The SMILES string of the molecule is COC(=O)CC(CNC(=O)C(CN)Cc1ccncc1)C(F)(F)F.Cl.Cl. The molecule has 0 aliphatic carbocycles. The number of carbonyl (C=O) groups excluding carboxylic acids is 2. The van der Waals surface area contributed by atoms with Crippen LogP contribution in [-0.2, 0) is 20.7 Å². The zero-order chi connectivity index (χ0) is 18.2. The summed E-state index contributed by atoms with van der Waals surface area (Å²) in [6.07, 6.45) is -2.07. The Hall–Kier alpha value is -1.58. The van der Waals surface area contributed by atoms with Crippen LogP contribution in [0.1, 0.15) is 12.0 Å². The number of pyridine rings is 1. The first-order chi connectivity index (χ1) is 11.3. The summed E-state index contributed by atoms with van der Waals surface area (Å²) in [6, 6.07) is 3.40. The van der Waals surface area contributed by atoms with E-state index in [9.17, 15) is 22.8 Å². The van der Waals surface area contributed by atoms with E-state index in [0.29, 0.717) is 6.42 Å². The minimum Gasteiger partial charge on any atom is -0.469 e. The van der Waals surface area contributed by atoms with E-state index in [4.69, 9.17) is 5.73 Å². The second-order valence-corrected chi connectivity index (χ2v) is 5.26. The molecule has 1 aromatic heterocycles. The van der Waals surface area contributed by atoms with Gasteiger partial charge in [-0.25, -0.2) is 0 Å². The summed E-state index contributed by atoms with van der Waals surface area (Å²) < 4.78 is 43.0. The summed E-state index contributed by atoms with van der Waals surface area (Å²) in [6.45, 7) is -0.716. The molecule has 0 aromatic carbocycles. The van der Waals surface area contributed by atoms with Gasteiger partial charge in [-0.2, -0.15) is 13.2 Å². The minimum absolute atomic E-state index is 0. The van der Waals surface area contributed by atoms with Crippen LogP contribution >= 0.6 is 24.8 Å². The van der Waals surface area contributed by atoms with Gasteiger partial charge in [-0.1, -0.05) is 0 Å². The molecule has 150 valence electrons. The van der Waals surface area contributed by atoms with Gasteiger partial charge in [-0.3, -0.25) is 14.6 Å². The van der Waals surface area contributed by atoms with E-state index in [2.05, 4.69) is 15.0 Å². The molecule has 3 N–H and O–H groups in total. The van der Waals surface area contributed by atoms with Crippen LogP contribution in [0.2, 0.25) is 0 Å². The van der Waals surface area contributed by atoms with E-state index in [-0.39, 0.29) is 31.4 Å². The monoisotopic (exact) mass is 419 g/mol. The molecule has 2 unspecified atom stereocenters. The number of rotatable bonds is 8. The Morgan fingerprint density at radius 2 is 1.85 bits per heavy atom. The molecule has 0 spiro atoms. The second-order valence-electron chi connectivity index (χ2n) is 5.26. The zero-order valence-corrected chi connectivity index (χ0v) is 15.6. The highest BCUT2D eigenvalue weighted by molar-refractivity contribution is 5.85. The number of hydrogen-bond donors (Lipinski definition) is 2. The van der Waals surface area contributed by atoms with E-state index < -0.39 is 42.9 Å². The molecule has 1 aromatic rings. The van der Waals surface area contributed by atoms with Crippen molar-refractivity contribution in [1.82, 2.24) is 10.3 Å². The van der Waals surface area contributed by atoms with Crippen LogP contribution < -0.4 is 11.1 Å². The molecule has 6 nitrogen and oxygen atoms in total. The van der Waals surface area contributed by atoms with Crippen molar-refractivity contribution in [3.63, 3.8) is 0 Å². The third-order valence-corrected chi connectivity index (χ3v) is 3.51. The number of nitrogens with zero attached hydrogens (tertiary/aromatic N) is 1. The summed E-state index contributed by atoms with van der Waals surface area (Å²) in [5.41, 5.74) is 6.35. The Morgan fingerprint density at radius 3 is 2.31 bits per heavy atom. The van der Waals surface area contributed by atoms with Gasteiger partial charge >= 0.3 is 12.1 Å². The van der Waals surface area contributed by atoms with Crippen LogP contribution in [-0.4, -0.2) is 43.2 Å². The number of nitrogens with one attached hydrogen (secondary N) is 1. The molecule has 11 heteroatoms. The van der Waals surface area contributed by atoms with Crippen molar-refractivity contribution in [2.75, 3.05) is 20.2 Å². The number of ether oxygens (including phenoxy) is 1. The van der Waals surface area contributed by atoms with Crippen molar-refractivity contribution in [3.8, 4) is 0 Å². The quantitative estimate of drug-likeness (QED) is 0.627. The van der Waals surface area contributed by atoms with Crippen LogP contribution in [0.4, 0.5) is 13.2 Å². The lowest BCUT2D eigenvalue weighted by molar-refractivity contribution is -0.183. The summed E-state index contributed by atoms with van der Waals surface area (Å²) >= 11 is 0. The summed E-state index contributed by atoms with van der Waals surface area (Å²) in [5, 5.41) is 2.23. The van der Waals surface area contributed by atoms with Crippen LogP contribution in [0.15, 0.2) is 24.5 Å². The fraction of sp³-hybridized carbons (Fsp3) is 0.533. The van der Waals surface area contributed by atoms with E-state index in [1.807, 2.05) is 0 Å². The van der Waals surface area contributed by atoms with E-state index in [1.165, 1.54) is 0 Å². The van der Waals surface area contributed by atoms with E-state index >= 15 is 0 Å². The molecule has 0 bridgehead atoms. The normalized spacial score (nSPS) is 12.8. The van der Waals surface area contributed by atoms with Gasteiger partial charge < -0.3 is 15.8 Å². The lowest BCUT2D eigenvalue weighted by atomic mass is 9.98. The van der Waals surface area contributed by atoms with Gasteiger partial charge in [0, 0.05) is 25.5 Å². The predicted octanol–water partition coefficient (Wildman–Crippen LogP) is 1.90. The topological polar surface area (TPSA) is 94.3 Å². The number of carbonyl (C=O) groups is 2. The van der Waals surface area contributed by atoms with Gasteiger partial charge in [0.1, 0.15) is 0 Å². The van der Waals surface area contributed by atoms with Crippen LogP contribution in [0.5, 0.6) is 0 Å². The molecule has 1 amide bonds. The molecule has 0 radical (unpaired) electrons. The van der Waals surface area contributed by atoms with Crippen molar-refractivity contribution < 1.29 is 27.5 Å². The van der Waals surface area contributed by atoms with Gasteiger partial charge in [0.05, 0.1) is 25.4 Å². The second kappa shape index (κ2) is 12.7. The molecule has 2 atom stereocenters. The van der Waals surface area contributed by atoms with Gasteiger partial charge in [0.15, 0.2) is 0 Å². The third-order valence-electron chi connectivity index (χ3n) is 3.51. The third kappa shape index (κ3) is 9.21. The summed E-state index contributed by atoms with van der Waals surface area (Å²) in [5.74, 6) is -4.25. The molecule has 0 aliphatic heterocycles. The zero-order valence-electron chi connectivity index (χ0n) is 14.0. The number of amides is 1. The maximum atomic E-state index is 12.9. The largest absolute Gasteiger partial charge is 0.469 e. The van der Waals surface area contributed by atoms with Crippen LogP contribution in [0.25, 0.3) is 0 Å². The maximum Gasteiger partial charge on any atom is 0.394 e.